The van der Waals surface area contributed by atoms with E-state index in [1.54, 1.807) is 24.3 Å². The van der Waals surface area contributed by atoms with Crippen LogP contribution in [0.25, 0.3) is 0 Å². The number of nitrogens with two attached hydrogens (primary N) is 4. The minimum absolute atomic E-state index is 0.0402. The third kappa shape index (κ3) is 10.8. The summed E-state index contributed by atoms with van der Waals surface area (Å²) in [5.74, 6) is -4.66. The largest absolute Gasteiger partial charge is 0.394 e. The molecule has 1 aromatic carbocycles. The van der Waals surface area contributed by atoms with Gasteiger partial charge in [0, 0.05) is 18.7 Å². The topological polar surface area (TPSA) is 265 Å². The van der Waals surface area contributed by atoms with Crippen LogP contribution < -0.4 is 38.9 Å². The van der Waals surface area contributed by atoms with Crippen molar-refractivity contribution in [3.8, 4) is 0 Å². The van der Waals surface area contributed by atoms with E-state index in [9.17, 15) is 24.3 Å². The highest BCUT2D eigenvalue weighted by Crippen LogP contribution is 2.12. The van der Waals surface area contributed by atoms with Gasteiger partial charge in [-0.25, -0.2) is 0 Å². The van der Waals surface area contributed by atoms with Crippen LogP contribution in [0.15, 0.2) is 41.9 Å². The van der Waals surface area contributed by atoms with Gasteiger partial charge in [0.25, 0.3) is 0 Å². The standard InChI is InChI=1S/C23H35N9O5/c1-2-9-29-20(35)15(11-13-5-7-14(8-6-13)18(24)25)21(36)32-17(12-33)22(37)31-16(19(26)34)4-3-10-30-23(27)28/h2,5-8,15-17,33H,1,3-4,9-12H2,(H3,24,25)(H2,26,34)(H,29,35)(H,31,37)(H,32,36)(H4,27,28,30)/t15?,16-,17?/m0/s1. The predicted octanol–water partition coefficient (Wildman–Crippen LogP) is -3.07. The van der Waals surface area contributed by atoms with Crippen LogP contribution >= 0.6 is 0 Å². The van der Waals surface area contributed by atoms with Gasteiger partial charge < -0.3 is 44.0 Å². The number of guanidine groups is 1. The average molecular weight is 518 g/mol. The Hall–Kier alpha value is -4.46. The van der Waals surface area contributed by atoms with Crippen LogP contribution in [0.5, 0.6) is 0 Å². The second kappa shape index (κ2) is 15.5. The van der Waals surface area contributed by atoms with Gasteiger partial charge >= 0.3 is 0 Å². The number of aliphatic hydroxyl groups is 1. The zero-order valence-electron chi connectivity index (χ0n) is 20.4. The van der Waals surface area contributed by atoms with E-state index in [0.29, 0.717) is 17.5 Å². The van der Waals surface area contributed by atoms with Gasteiger partial charge in [-0.15, -0.1) is 6.58 Å². The van der Waals surface area contributed by atoms with E-state index < -0.39 is 48.2 Å². The van der Waals surface area contributed by atoms with Crippen LogP contribution in [0, 0.1) is 11.3 Å². The van der Waals surface area contributed by atoms with E-state index in [1.165, 1.54) is 6.08 Å². The Morgan fingerprint density at radius 1 is 1.00 bits per heavy atom. The second-order valence-corrected chi connectivity index (χ2v) is 8.06. The molecule has 0 bridgehead atoms. The fourth-order valence-corrected chi connectivity index (χ4v) is 3.18. The summed E-state index contributed by atoms with van der Waals surface area (Å²) in [6.45, 7) is 3.03. The minimum Gasteiger partial charge on any atom is -0.394 e. The van der Waals surface area contributed by atoms with Crippen molar-refractivity contribution in [2.24, 2.45) is 33.8 Å². The van der Waals surface area contributed by atoms with Gasteiger partial charge in [-0.1, -0.05) is 30.3 Å². The molecule has 2 unspecified atom stereocenters. The lowest BCUT2D eigenvalue weighted by molar-refractivity contribution is -0.138. The number of benzene rings is 1. The fraction of sp³-hybridized carbons (Fsp3) is 0.391. The number of carbonyl (C=O) groups is 4. The van der Waals surface area contributed by atoms with Crippen molar-refractivity contribution in [1.29, 1.82) is 5.41 Å². The molecule has 3 atom stereocenters. The number of amides is 4. The molecule has 1 aromatic rings. The maximum absolute atomic E-state index is 13.0. The molecule has 0 aromatic heterocycles. The van der Waals surface area contributed by atoms with Gasteiger partial charge in [-0.05, 0) is 24.8 Å². The van der Waals surface area contributed by atoms with E-state index >= 15 is 0 Å². The molecule has 14 heteroatoms. The number of nitrogens with one attached hydrogen (secondary N) is 4. The smallest absolute Gasteiger partial charge is 0.245 e. The van der Waals surface area contributed by atoms with Crippen LogP contribution in [-0.4, -0.2) is 72.3 Å². The number of aliphatic imine (C=N–C) groups is 1. The molecule has 0 aliphatic rings. The molecular weight excluding hydrogens is 482 g/mol. The quantitative estimate of drug-likeness (QED) is 0.0356. The third-order valence-electron chi connectivity index (χ3n) is 5.18. The Kier molecular flexibility index (Phi) is 12.8. The molecule has 0 saturated heterocycles. The Bertz CT molecular complexity index is 1010. The van der Waals surface area contributed by atoms with E-state index in [-0.39, 0.29) is 37.7 Å². The van der Waals surface area contributed by atoms with Crippen LogP contribution in [-0.2, 0) is 25.6 Å². The molecule has 13 N–H and O–H groups in total. The fourth-order valence-electron chi connectivity index (χ4n) is 3.18. The van der Waals surface area contributed by atoms with Gasteiger partial charge in [0.1, 0.15) is 23.8 Å². The first-order valence-corrected chi connectivity index (χ1v) is 11.4. The maximum Gasteiger partial charge on any atom is 0.245 e. The van der Waals surface area contributed by atoms with Crippen molar-refractivity contribution in [1.82, 2.24) is 16.0 Å². The molecule has 0 heterocycles. The summed E-state index contributed by atoms with van der Waals surface area (Å²) in [5.41, 5.74) is 22.4. The Labute approximate surface area is 214 Å². The van der Waals surface area contributed by atoms with Gasteiger partial charge in [0.15, 0.2) is 5.96 Å². The number of carbonyl (C=O) groups excluding carboxylic acids is 4. The normalized spacial score (nSPS) is 12.8. The summed E-state index contributed by atoms with van der Waals surface area (Å²) < 4.78 is 0. The van der Waals surface area contributed by atoms with Crippen LogP contribution in [0.4, 0.5) is 0 Å². The maximum atomic E-state index is 13.0. The van der Waals surface area contributed by atoms with Crippen molar-refractivity contribution in [3.63, 3.8) is 0 Å². The third-order valence-corrected chi connectivity index (χ3v) is 5.18. The summed E-state index contributed by atoms with van der Waals surface area (Å²) >= 11 is 0. The number of hydrogen-bond acceptors (Lipinski definition) is 7. The van der Waals surface area contributed by atoms with Gasteiger partial charge in [0.2, 0.25) is 23.6 Å². The summed E-state index contributed by atoms with van der Waals surface area (Å²) in [7, 11) is 0. The van der Waals surface area contributed by atoms with Gasteiger partial charge in [0.05, 0.1) is 6.61 Å². The molecule has 0 radical (unpaired) electrons. The molecule has 0 saturated carbocycles. The Morgan fingerprint density at radius 3 is 2.14 bits per heavy atom. The monoisotopic (exact) mass is 517 g/mol. The Balaban J connectivity index is 2.96. The average Bonchev–Trinajstić information content (AvgIpc) is 2.85. The van der Waals surface area contributed by atoms with E-state index in [0.717, 1.165) is 0 Å². The lowest BCUT2D eigenvalue weighted by atomic mass is 9.96. The van der Waals surface area contributed by atoms with Crippen molar-refractivity contribution >= 4 is 35.4 Å². The zero-order valence-corrected chi connectivity index (χ0v) is 20.4. The van der Waals surface area contributed by atoms with Crippen molar-refractivity contribution in [2.45, 2.75) is 31.3 Å². The first kappa shape index (κ1) is 30.6. The molecule has 0 fully saturated rings. The molecule has 4 amide bonds. The summed E-state index contributed by atoms with van der Waals surface area (Å²) in [5, 5.41) is 24.5. The molecule has 0 spiro atoms. The molecule has 1 rings (SSSR count). The highest BCUT2D eigenvalue weighted by Gasteiger charge is 2.31. The molecule has 37 heavy (non-hydrogen) atoms. The number of nitrogens with zero attached hydrogens (tertiary/aromatic N) is 1. The van der Waals surface area contributed by atoms with Crippen LogP contribution in [0.3, 0.4) is 0 Å². The highest BCUT2D eigenvalue weighted by atomic mass is 16.3. The van der Waals surface area contributed by atoms with Gasteiger partial charge in [-0.2, -0.15) is 0 Å². The number of rotatable bonds is 16. The lowest BCUT2D eigenvalue weighted by Crippen LogP contribution is -2.56. The first-order chi connectivity index (χ1) is 17.5. The van der Waals surface area contributed by atoms with Gasteiger partial charge in [-0.3, -0.25) is 29.6 Å². The Morgan fingerprint density at radius 2 is 1.62 bits per heavy atom. The molecule has 0 aliphatic carbocycles. The SMILES string of the molecule is C=CCNC(=O)C(Cc1ccc(C(=N)N)cc1)C(=O)NC(CO)C(=O)N[C@@H](CCCN=C(N)N)C(N)=O. The predicted molar refractivity (Wildman–Crippen MR) is 138 cm³/mol. The van der Waals surface area contributed by atoms with E-state index in [2.05, 4.69) is 27.5 Å². The number of aliphatic hydroxyl groups excluding tert-OH is 1. The number of hydrogen-bond donors (Lipinski definition) is 9. The summed E-state index contributed by atoms with van der Waals surface area (Å²) in [4.78, 5) is 53.9. The van der Waals surface area contributed by atoms with Crippen molar-refractivity contribution < 1.29 is 24.3 Å². The molecule has 0 aliphatic heterocycles. The first-order valence-electron chi connectivity index (χ1n) is 11.4. The summed E-state index contributed by atoms with van der Waals surface area (Å²) in [6, 6.07) is 3.84. The van der Waals surface area contributed by atoms with Crippen molar-refractivity contribution in [2.75, 3.05) is 19.7 Å². The van der Waals surface area contributed by atoms with Crippen molar-refractivity contribution in [3.05, 3.63) is 48.0 Å². The number of amidine groups is 1. The lowest BCUT2D eigenvalue weighted by Gasteiger charge is -2.23. The minimum atomic E-state index is -1.46. The molecule has 202 valence electrons. The zero-order chi connectivity index (χ0) is 28.0. The number of nitrogen functional groups attached to an aromatic ring is 1. The van der Waals surface area contributed by atoms with Crippen LogP contribution in [0.2, 0.25) is 0 Å². The summed E-state index contributed by atoms with van der Waals surface area (Å²) in [6.07, 6.45) is 1.85. The highest BCUT2D eigenvalue weighted by molar-refractivity contribution is 6.02. The van der Waals surface area contributed by atoms with E-state index in [1.807, 2.05) is 0 Å². The molecular formula is C23H35N9O5. The molecule has 14 nitrogen and oxygen atoms in total. The van der Waals surface area contributed by atoms with E-state index in [4.69, 9.17) is 28.3 Å². The second-order valence-electron chi connectivity index (χ2n) is 8.06. The number of primary amides is 1. The van der Waals surface area contributed by atoms with Crippen LogP contribution in [0.1, 0.15) is 24.0 Å².